The number of carbonyl (C=O) groups excluding carboxylic acids is 1. The quantitative estimate of drug-likeness (QED) is 0.184. The molecular formula is C30H30BrN3O4. The van der Waals surface area contributed by atoms with Crippen LogP contribution in [-0.2, 0) is 9.53 Å². The van der Waals surface area contributed by atoms with Crippen molar-refractivity contribution in [3.63, 3.8) is 0 Å². The molecule has 0 aliphatic heterocycles. The summed E-state index contributed by atoms with van der Waals surface area (Å²) in [5.41, 5.74) is 1.13. The van der Waals surface area contributed by atoms with Gasteiger partial charge in [-0.2, -0.15) is 9.78 Å². The summed E-state index contributed by atoms with van der Waals surface area (Å²) >= 11 is 3.47. The Morgan fingerprint density at radius 3 is 2.68 bits per heavy atom. The Morgan fingerprint density at radius 2 is 1.89 bits per heavy atom. The number of rotatable bonds is 7. The molecule has 0 spiro atoms. The molecule has 5 rings (SSSR count). The lowest BCUT2D eigenvalue weighted by molar-refractivity contribution is -0.149. The number of hydrogen-bond acceptors (Lipinski definition) is 6. The van der Waals surface area contributed by atoms with Crippen LogP contribution in [0.1, 0.15) is 63.3 Å². The zero-order chi connectivity index (χ0) is 26.6. The summed E-state index contributed by atoms with van der Waals surface area (Å²) in [6.07, 6.45) is 6.78. The molecule has 196 valence electrons. The van der Waals surface area contributed by atoms with Gasteiger partial charge in [-0.05, 0) is 61.7 Å². The van der Waals surface area contributed by atoms with Gasteiger partial charge in [0.25, 0.3) is 5.56 Å². The van der Waals surface area contributed by atoms with Crippen LogP contribution in [-0.4, -0.2) is 34.6 Å². The van der Waals surface area contributed by atoms with Crippen LogP contribution in [0.5, 0.6) is 5.75 Å². The van der Waals surface area contributed by atoms with Crippen molar-refractivity contribution in [1.29, 1.82) is 0 Å². The highest BCUT2D eigenvalue weighted by Crippen LogP contribution is 2.32. The maximum Gasteiger partial charge on any atom is 0.344 e. The fraction of sp³-hybridized carbons (Fsp3) is 0.333. The largest absolute Gasteiger partial charge is 0.481 e. The molecule has 4 aromatic rings. The first-order valence-corrected chi connectivity index (χ1v) is 13.8. The van der Waals surface area contributed by atoms with Gasteiger partial charge in [0.2, 0.25) is 0 Å². The summed E-state index contributed by atoms with van der Waals surface area (Å²) in [5.74, 6) is 0.882. The smallest absolute Gasteiger partial charge is 0.344 e. The molecule has 1 heterocycles. The van der Waals surface area contributed by atoms with E-state index in [9.17, 15) is 9.59 Å². The number of aromatic nitrogens is 2. The highest BCUT2D eigenvalue weighted by atomic mass is 79.9. The van der Waals surface area contributed by atoms with Gasteiger partial charge >= 0.3 is 5.97 Å². The Morgan fingerprint density at radius 1 is 1.11 bits per heavy atom. The molecule has 8 heteroatoms. The summed E-state index contributed by atoms with van der Waals surface area (Å²) in [7, 11) is 0. The van der Waals surface area contributed by atoms with Crippen molar-refractivity contribution in [2.75, 3.05) is 6.61 Å². The second kappa shape index (κ2) is 11.5. The predicted octanol–water partition coefficient (Wildman–Crippen LogP) is 6.57. The topological polar surface area (TPSA) is 82.8 Å². The van der Waals surface area contributed by atoms with E-state index in [1.807, 2.05) is 48.5 Å². The van der Waals surface area contributed by atoms with E-state index in [-0.39, 0.29) is 24.2 Å². The van der Waals surface area contributed by atoms with E-state index in [4.69, 9.17) is 19.6 Å². The second-order valence-corrected chi connectivity index (χ2v) is 10.8. The molecule has 0 radical (unpaired) electrons. The van der Waals surface area contributed by atoms with Crippen LogP contribution in [0, 0.1) is 0 Å². The number of halogens is 1. The number of ether oxygens (including phenoxy) is 2. The number of fused-ring (bicyclic) bond motifs is 2. The van der Waals surface area contributed by atoms with Crippen molar-refractivity contribution < 1.29 is 14.3 Å². The Labute approximate surface area is 229 Å². The van der Waals surface area contributed by atoms with E-state index in [1.54, 1.807) is 26.1 Å². The van der Waals surface area contributed by atoms with E-state index < -0.39 is 5.97 Å². The Hall–Kier alpha value is -3.52. The Bertz CT molecular complexity index is 1570. The molecule has 1 aromatic heterocycles. The van der Waals surface area contributed by atoms with Gasteiger partial charge in [-0.15, -0.1) is 0 Å². The van der Waals surface area contributed by atoms with Crippen molar-refractivity contribution in [3.8, 4) is 5.75 Å². The van der Waals surface area contributed by atoms with Crippen LogP contribution in [0.2, 0.25) is 0 Å². The molecule has 1 aliphatic carbocycles. The fourth-order valence-electron chi connectivity index (χ4n) is 4.99. The lowest BCUT2D eigenvalue weighted by Crippen LogP contribution is -2.25. The maximum absolute atomic E-state index is 13.7. The first-order valence-electron chi connectivity index (χ1n) is 13.0. The molecule has 1 fully saturated rings. The highest BCUT2D eigenvalue weighted by Gasteiger charge is 2.23. The van der Waals surface area contributed by atoms with E-state index in [2.05, 4.69) is 15.9 Å². The molecule has 0 atom stereocenters. The maximum atomic E-state index is 13.7. The zero-order valence-electron chi connectivity index (χ0n) is 21.5. The third-order valence-electron chi connectivity index (χ3n) is 6.75. The van der Waals surface area contributed by atoms with Crippen LogP contribution in [0.15, 0.2) is 69.0 Å². The molecule has 1 saturated carbocycles. The third kappa shape index (κ3) is 5.65. The monoisotopic (exact) mass is 575 g/mol. The molecule has 3 aromatic carbocycles. The van der Waals surface area contributed by atoms with Gasteiger partial charge in [-0.3, -0.25) is 4.79 Å². The summed E-state index contributed by atoms with van der Waals surface area (Å²) in [6.45, 7) is 3.36. The molecule has 38 heavy (non-hydrogen) atoms. The number of carbonyl (C=O) groups is 1. The third-order valence-corrected chi connectivity index (χ3v) is 7.24. The molecular weight excluding hydrogens is 546 g/mol. The van der Waals surface area contributed by atoms with Crippen LogP contribution in [0.3, 0.4) is 0 Å². The molecule has 0 bridgehead atoms. The van der Waals surface area contributed by atoms with Gasteiger partial charge < -0.3 is 9.47 Å². The minimum absolute atomic E-state index is 0.163. The molecule has 0 unspecified atom stereocenters. The number of esters is 1. The van der Waals surface area contributed by atoms with Crippen molar-refractivity contribution in [3.05, 3.63) is 80.8 Å². The molecule has 0 N–H and O–H groups in total. The van der Waals surface area contributed by atoms with Gasteiger partial charge in [0.05, 0.1) is 23.2 Å². The van der Waals surface area contributed by atoms with Crippen LogP contribution in [0.25, 0.3) is 21.7 Å². The highest BCUT2D eigenvalue weighted by molar-refractivity contribution is 9.10. The van der Waals surface area contributed by atoms with Crippen molar-refractivity contribution in [1.82, 2.24) is 9.66 Å². The van der Waals surface area contributed by atoms with E-state index in [0.29, 0.717) is 28.0 Å². The van der Waals surface area contributed by atoms with Crippen LogP contribution >= 0.6 is 15.9 Å². The number of benzene rings is 3. The second-order valence-electron chi connectivity index (χ2n) is 9.85. The van der Waals surface area contributed by atoms with Crippen LogP contribution in [0.4, 0.5) is 0 Å². The van der Waals surface area contributed by atoms with E-state index in [0.717, 1.165) is 40.9 Å². The molecule has 1 aliphatic rings. The van der Waals surface area contributed by atoms with Crippen molar-refractivity contribution >= 4 is 49.8 Å². The average Bonchev–Trinajstić information content (AvgIpc) is 2.92. The van der Waals surface area contributed by atoms with Crippen molar-refractivity contribution in [2.24, 2.45) is 5.10 Å². The Balaban J connectivity index is 1.61. The minimum Gasteiger partial charge on any atom is -0.481 e. The lowest BCUT2D eigenvalue weighted by atomic mass is 9.88. The molecule has 0 amide bonds. The minimum atomic E-state index is -0.448. The summed E-state index contributed by atoms with van der Waals surface area (Å²) in [5, 5.41) is 7.11. The van der Waals surface area contributed by atoms with Gasteiger partial charge in [0.1, 0.15) is 11.6 Å². The average molecular weight is 576 g/mol. The van der Waals surface area contributed by atoms with E-state index in [1.165, 1.54) is 11.1 Å². The normalized spacial score (nSPS) is 14.5. The summed E-state index contributed by atoms with van der Waals surface area (Å²) in [6, 6.07) is 17.2. The predicted molar refractivity (Wildman–Crippen MR) is 153 cm³/mol. The first kappa shape index (κ1) is 26.1. The molecule has 7 nitrogen and oxygen atoms in total. The van der Waals surface area contributed by atoms with Gasteiger partial charge in [-0.1, -0.05) is 65.5 Å². The van der Waals surface area contributed by atoms with E-state index >= 15 is 0 Å². The standard InChI is InChI=1S/C30H30BrN3O4/c1-19(2)38-28(35)18-37-27-15-12-20-8-6-7-11-23(20)25(27)17-32-34-29(21-9-4-3-5-10-21)33-26-14-13-22(31)16-24(26)30(34)36/h6-8,11-17,19,21H,3-5,9-10,18H2,1-2H3. The first-order chi connectivity index (χ1) is 18.4. The van der Waals surface area contributed by atoms with Gasteiger partial charge in [0, 0.05) is 16.0 Å². The van der Waals surface area contributed by atoms with Gasteiger partial charge in [0.15, 0.2) is 6.61 Å². The number of nitrogens with zero attached hydrogens (tertiary/aromatic N) is 3. The zero-order valence-corrected chi connectivity index (χ0v) is 23.1. The van der Waals surface area contributed by atoms with Gasteiger partial charge in [-0.25, -0.2) is 9.78 Å². The summed E-state index contributed by atoms with van der Waals surface area (Å²) in [4.78, 5) is 30.8. The van der Waals surface area contributed by atoms with Crippen LogP contribution < -0.4 is 10.3 Å². The lowest BCUT2D eigenvalue weighted by Gasteiger charge is -2.23. The SMILES string of the molecule is CC(C)OC(=O)COc1ccc2ccccc2c1C=Nn1c(C2CCCCC2)nc2ccc(Br)cc2c1=O. The number of hydrogen-bond donors (Lipinski definition) is 0. The van der Waals surface area contributed by atoms with Crippen molar-refractivity contribution in [2.45, 2.75) is 58.0 Å². The summed E-state index contributed by atoms with van der Waals surface area (Å²) < 4.78 is 13.4. The Kier molecular flexibility index (Phi) is 7.88. The fourth-order valence-corrected chi connectivity index (χ4v) is 5.35. The molecule has 0 saturated heterocycles.